The van der Waals surface area contributed by atoms with Gasteiger partial charge in [0, 0.05) is 32.2 Å². The molecule has 8 heteroatoms. The van der Waals surface area contributed by atoms with E-state index in [2.05, 4.69) is 96.6 Å². The van der Waals surface area contributed by atoms with Crippen molar-refractivity contribution in [3.05, 3.63) is 83.7 Å². The molecule has 230 valence electrons. The lowest BCUT2D eigenvalue weighted by atomic mass is 10.1. The lowest BCUT2D eigenvalue weighted by Gasteiger charge is -2.31. The molecular weight excluding hydrogens is 547 g/mol. The monoisotopic (exact) mass is 596 g/mol. The van der Waals surface area contributed by atoms with E-state index in [9.17, 15) is 0 Å². The van der Waals surface area contributed by atoms with Gasteiger partial charge in [-0.2, -0.15) is 0 Å². The SMILES string of the molecule is C[C@@H](C1=C(P(c2ccccc2)c2ccccc2)CC=C1)N(C)CCN1CCOCCOCCOCCOCCOCC1. The maximum Gasteiger partial charge on any atom is 0.0701 e. The number of hydrogen-bond donors (Lipinski definition) is 0. The lowest BCUT2D eigenvalue weighted by Crippen LogP contribution is -2.40. The van der Waals surface area contributed by atoms with Crippen LogP contribution >= 0.6 is 7.92 Å². The Bertz CT molecular complexity index is 1010. The topological polar surface area (TPSA) is 52.6 Å². The maximum atomic E-state index is 5.87. The van der Waals surface area contributed by atoms with Gasteiger partial charge in [0.2, 0.25) is 0 Å². The van der Waals surface area contributed by atoms with E-state index in [1.165, 1.54) is 16.2 Å². The van der Waals surface area contributed by atoms with Crippen molar-refractivity contribution in [1.82, 2.24) is 9.80 Å². The zero-order valence-electron chi connectivity index (χ0n) is 25.5. The van der Waals surface area contributed by atoms with Crippen molar-refractivity contribution in [2.45, 2.75) is 19.4 Å². The van der Waals surface area contributed by atoms with Crippen LogP contribution in [0.3, 0.4) is 0 Å². The second-order valence-electron chi connectivity index (χ2n) is 10.6. The predicted molar refractivity (Wildman–Crippen MR) is 172 cm³/mol. The summed E-state index contributed by atoms with van der Waals surface area (Å²) in [6, 6.07) is 22.4. The van der Waals surface area contributed by atoms with Crippen LogP contribution in [0, 0.1) is 0 Å². The number of benzene rings is 2. The Morgan fingerprint density at radius 1 is 0.690 bits per heavy atom. The summed E-state index contributed by atoms with van der Waals surface area (Å²) in [5, 5.41) is 4.39. The maximum absolute atomic E-state index is 5.87. The van der Waals surface area contributed by atoms with Crippen LogP contribution in [0.4, 0.5) is 0 Å². The third kappa shape index (κ3) is 11.0. The molecule has 1 aliphatic heterocycles. The largest absolute Gasteiger partial charge is 0.378 e. The van der Waals surface area contributed by atoms with E-state index >= 15 is 0 Å². The van der Waals surface area contributed by atoms with E-state index in [1.807, 2.05) is 0 Å². The minimum atomic E-state index is -0.578. The Morgan fingerprint density at radius 3 is 1.62 bits per heavy atom. The molecule has 0 N–H and O–H groups in total. The van der Waals surface area contributed by atoms with Gasteiger partial charge in [0.05, 0.1) is 66.1 Å². The number of likely N-dealkylation sites (N-methyl/N-ethyl adjacent to an activating group) is 1. The van der Waals surface area contributed by atoms with Crippen LogP contribution in [0.1, 0.15) is 13.3 Å². The highest BCUT2D eigenvalue weighted by molar-refractivity contribution is 7.76. The van der Waals surface area contributed by atoms with E-state index in [1.54, 1.807) is 5.31 Å². The molecule has 0 saturated carbocycles. The highest BCUT2D eigenvalue weighted by Crippen LogP contribution is 2.49. The molecule has 2 aromatic rings. The zero-order valence-corrected chi connectivity index (χ0v) is 26.4. The van der Waals surface area contributed by atoms with E-state index in [-0.39, 0.29) is 0 Å². The lowest BCUT2D eigenvalue weighted by molar-refractivity contribution is -0.0188. The van der Waals surface area contributed by atoms with Crippen LogP contribution in [-0.2, 0) is 23.7 Å². The molecule has 7 nitrogen and oxygen atoms in total. The Hall–Kier alpha value is -1.93. The first-order valence-corrected chi connectivity index (χ1v) is 16.7. The second-order valence-corrected chi connectivity index (χ2v) is 12.8. The van der Waals surface area contributed by atoms with Crippen molar-refractivity contribution in [2.75, 3.05) is 99.3 Å². The van der Waals surface area contributed by atoms with Crippen molar-refractivity contribution in [1.29, 1.82) is 0 Å². The highest BCUT2D eigenvalue weighted by Gasteiger charge is 2.27. The Kier molecular flexibility index (Phi) is 15.2. The van der Waals surface area contributed by atoms with Gasteiger partial charge in [-0.1, -0.05) is 72.8 Å². The quantitative estimate of drug-likeness (QED) is 0.427. The van der Waals surface area contributed by atoms with Crippen molar-refractivity contribution in [3.63, 3.8) is 0 Å². The standard InChI is InChI=1S/C34H49N2O5P/c1-30(33-14-9-15-34(33)42(31-10-5-3-6-11-31)32-12-7-4-8-13-32)35(2)16-17-36-18-20-37-22-24-39-26-28-41-29-27-40-25-23-38-21-19-36/h3-14,30H,15-29H2,1-2H3/t30-/m0/s1. The van der Waals surface area contributed by atoms with Gasteiger partial charge in [-0.05, 0) is 49.8 Å². The fraction of sp³-hybridized carbons (Fsp3) is 0.529. The molecule has 42 heavy (non-hydrogen) atoms. The first-order valence-electron chi connectivity index (χ1n) is 15.3. The van der Waals surface area contributed by atoms with Crippen LogP contribution in [-0.4, -0.2) is 115 Å². The normalized spacial score (nSPS) is 20.1. The van der Waals surface area contributed by atoms with Gasteiger partial charge < -0.3 is 23.7 Å². The van der Waals surface area contributed by atoms with Gasteiger partial charge in [-0.25, -0.2) is 0 Å². The number of hydrogen-bond acceptors (Lipinski definition) is 7. The fourth-order valence-electron chi connectivity index (χ4n) is 5.16. The molecule has 2 aromatic carbocycles. The summed E-state index contributed by atoms with van der Waals surface area (Å²) < 4.78 is 28.4. The summed E-state index contributed by atoms with van der Waals surface area (Å²) in [4.78, 5) is 4.94. The molecule has 1 aliphatic carbocycles. The smallest absolute Gasteiger partial charge is 0.0701 e. The van der Waals surface area contributed by atoms with Gasteiger partial charge >= 0.3 is 0 Å². The summed E-state index contributed by atoms with van der Waals surface area (Å²) in [6.45, 7) is 12.0. The van der Waals surface area contributed by atoms with Crippen LogP contribution in [0.2, 0.25) is 0 Å². The number of rotatable bonds is 8. The van der Waals surface area contributed by atoms with Crippen LogP contribution in [0.25, 0.3) is 0 Å². The molecule has 0 unspecified atom stereocenters. The zero-order chi connectivity index (χ0) is 29.2. The third-order valence-corrected chi connectivity index (χ3v) is 10.3. The van der Waals surface area contributed by atoms with Crippen molar-refractivity contribution < 1.29 is 23.7 Å². The molecule has 4 rings (SSSR count). The van der Waals surface area contributed by atoms with Gasteiger partial charge in [0.15, 0.2) is 0 Å². The Balaban J connectivity index is 1.37. The van der Waals surface area contributed by atoms with E-state index < -0.39 is 7.92 Å². The summed E-state index contributed by atoms with van der Waals surface area (Å²) in [7, 11) is 1.67. The first kappa shape index (κ1) is 33.0. The second kappa shape index (κ2) is 19.4. The van der Waals surface area contributed by atoms with Crippen molar-refractivity contribution in [2.24, 2.45) is 0 Å². The van der Waals surface area contributed by atoms with Gasteiger partial charge in [-0.15, -0.1) is 0 Å². The van der Waals surface area contributed by atoms with Gasteiger partial charge in [-0.3, -0.25) is 9.80 Å². The Morgan fingerprint density at radius 2 is 1.14 bits per heavy atom. The molecule has 0 radical (unpaired) electrons. The van der Waals surface area contributed by atoms with Crippen LogP contribution < -0.4 is 10.6 Å². The minimum Gasteiger partial charge on any atom is -0.378 e. The molecular formula is C34H49N2O5P. The average molecular weight is 597 g/mol. The molecule has 1 atom stereocenters. The van der Waals surface area contributed by atoms with Crippen LogP contribution in [0.15, 0.2) is 83.7 Å². The number of allylic oxidation sites excluding steroid dienone is 2. The van der Waals surface area contributed by atoms with E-state index in [0.29, 0.717) is 72.1 Å². The molecule has 0 spiro atoms. The number of nitrogens with zero attached hydrogens (tertiary/aromatic N) is 2. The van der Waals surface area contributed by atoms with Gasteiger partial charge in [0.1, 0.15) is 0 Å². The highest BCUT2D eigenvalue weighted by atomic mass is 31.1. The molecule has 2 aliphatic rings. The first-order chi connectivity index (χ1) is 20.7. The predicted octanol–water partition coefficient (Wildman–Crippen LogP) is 4.05. The van der Waals surface area contributed by atoms with E-state index in [4.69, 9.17) is 23.7 Å². The Labute approximate surface area is 254 Å². The minimum absolute atomic E-state index is 0.322. The molecule has 1 heterocycles. The molecule has 0 bridgehead atoms. The molecule has 0 aromatic heterocycles. The molecule has 1 saturated heterocycles. The molecule has 1 fully saturated rings. The van der Waals surface area contributed by atoms with Gasteiger partial charge in [0.25, 0.3) is 0 Å². The average Bonchev–Trinajstić information content (AvgIpc) is 3.50. The summed E-state index contributed by atoms with van der Waals surface area (Å²) in [5.41, 5.74) is 1.47. The number of ether oxygens (including phenoxy) is 5. The molecule has 0 amide bonds. The summed E-state index contributed by atoms with van der Waals surface area (Å²) >= 11 is 0. The van der Waals surface area contributed by atoms with Crippen LogP contribution in [0.5, 0.6) is 0 Å². The van der Waals surface area contributed by atoms with E-state index in [0.717, 1.165) is 32.6 Å². The van der Waals surface area contributed by atoms with Crippen molar-refractivity contribution in [3.8, 4) is 0 Å². The summed E-state index contributed by atoms with van der Waals surface area (Å²) in [5.74, 6) is 0. The third-order valence-electron chi connectivity index (χ3n) is 7.71. The van der Waals surface area contributed by atoms with Crippen molar-refractivity contribution >= 4 is 18.5 Å². The summed E-state index contributed by atoms with van der Waals surface area (Å²) in [6.07, 6.45) is 5.73. The fourth-order valence-corrected chi connectivity index (χ4v) is 7.83.